The average Bonchev–Trinajstić information content (AvgIpc) is 2.92. The van der Waals surface area contributed by atoms with E-state index in [2.05, 4.69) is 0 Å². The molecule has 0 saturated carbocycles. The van der Waals surface area contributed by atoms with Crippen molar-refractivity contribution in [1.82, 2.24) is 0 Å². The van der Waals surface area contributed by atoms with Crippen LogP contribution in [0.15, 0.2) is 72.3 Å². The third kappa shape index (κ3) is 5.11. The quantitative estimate of drug-likeness (QED) is 0.507. The van der Waals surface area contributed by atoms with E-state index in [4.69, 9.17) is 10.2 Å². The minimum Gasteiger partial charge on any atom is -0.515 e. The molecule has 0 aliphatic heterocycles. The van der Waals surface area contributed by atoms with Crippen LogP contribution in [0.1, 0.15) is 0 Å². The van der Waals surface area contributed by atoms with E-state index < -0.39 is 0 Å². The molecule has 2 aliphatic carbocycles. The Morgan fingerprint density at radius 1 is 0.667 bits per heavy atom. The summed E-state index contributed by atoms with van der Waals surface area (Å²) in [5.74, 6) is 0. The van der Waals surface area contributed by atoms with Gasteiger partial charge in [-0.1, -0.05) is 48.6 Å². The van der Waals surface area contributed by atoms with Crippen LogP contribution in [0.4, 0.5) is 0 Å². The smallest absolute Gasteiger partial charge is 0.0864 e. The van der Waals surface area contributed by atoms with E-state index in [1.54, 1.807) is 0 Å². The summed E-state index contributed by atoms with van der Waals surface area (Å²) in [7, 11) is 0. The molecule has 2 rings (SSSR count). The van der Waals surface area contributed by atoms with E-state index in [0.29, 0.717) is 0 Å². The van der Waals surface area contributed by atoms with Crippen molar-refractivity contribution in [1.29, 1.82) is 0 Å². The summed E-state index contributed by atoms with van der Waals surface area (Å²) in [6, 6.07) is 0. The zero-order valence-electron chi connectivity index (χ0n) is 8.02. The molecule has 0 bridgehead atoms. The van der Waals surface area contributed by atoms with E-state index in [1.807, 2.05) is 48.6 Å². The predicted molar refractivity (Wildman–Crippen MR) is 58.0 cm³/mol. The molecule has 2 aliphatic rings. The van der Waals surface area contributed by atoms with Crippen LogP contribution in [0.5, 0.6) is 0 Å². The van der Waals surface area contributed by atoms with Gasteiger partial charge < -0.3 is 10.2 Å². The van der Waals surface area contributed by atoms with Gasteiger partial charge in [0.05, 0.1) is 12.5 Å². The van der Waals surface area contributed by atoms with Gasteiger partial charge in [-0.25, -0.2) is 0 Å². The molecular weight excluding hydrogens is 232 g/mol. The summed E-state index contributed by atoms with van der Waals surface area (Å²) in [6.45, 7) is 0. The minimum atomic E-state index is 0. The number of hydrogen-bond acceptors (Lipinski definition) is 2. The van der Waals surface area contributed by atoms with E-state index in [9.17, 15) is 0 Å². The molecular formula is C12H12FeO2. The number of hydrogen-bond donors (Lipinski definition) is 2. The second kappa shape index (κ2) is 7.92. The number of aliphatic hydroxyl groups excluding tert-OH is 2. The predicted octanol–water partition coefficient (Wildman–Crippen LogP) is 3.11. The van der Waals surface area contributed by atoms with Crippen LogP contribution in [-0.4, -0.2) is 10.2 Å². The van der Waals surface area contributed by atoms with Gasteiger partial charge in [0.15, 0.2) is 0 Å². The van der Waals surface area contributed by atoms with Crippen molar-refractivity contribution in [2.75, 3.05) is 0 Å². The fourth-order valence-corrected chi connectivity index (χ4v) is 0.950. The Kier molecular flexibility index (Phi) is 7.16. The summed E-state index contributed by atoms with van der Waals surface area (Å²) >= 11 is 0. The van der Waals surface area contributed by atoms with Gasteiger partial charge in [-0.3, -0.25) is 0 Å². The molecule has 2 N–H and O–H groups in total. The second-order valence-electron chi connectivity index (χ2n) is 2.69. The third-order valence-electron chi connectivity index (χ3n) is 1.68. The number of aliphatic hydroxyl groups is 2. The molecule has 0 aromatic rings. The standard InChI is InChI=1S/2C6H6O.Fe/c2*7-5-6-3-1-2-4-6;/h2*1-5,7H;. The van der Waals surface area contributed by atoms with Gasteiger partial charge >= 0.3 is 0 Å². The largest absolute Gasteiger partial charge is 0.515 e. The van der Waals surface area contributed by atoms with Gasteiger partial charge in [0, 0.05) is 28.2 Å². The van der Waals surface area contributed by atoms with Crippen LogP contribution < -0.4 is 0 Å². The summed E-state index contributed by atoms with van der Waals surface area (Å²) in [5.41, 5.74) is 1.72. The summed E-state index contributed by atoms with van der Waals surface area (Å²) in [5, 5.41) is 16.6. The maximum absolute atomic E-state index is 8.30. The van der Waals surface area contributed by atoms with Crippen molar-refractivity contribution in [2.45, 2.75) is 0 Å². The Hall–Kier alpha value is -1.44. The molecule has 3 heteroatoms. The fourth-order valence-electron chi connectivity index (χ4n) is 0.950. The molecule has 0 amide bonds. The van der Waals surface area contributed by atoms with Crippen LogP contribution in [0.2, 0.25) is 0 Å². The molecule has 0 heterocycles. The van der Waals surface area contributed by atoms with Gasteiger partial charge in [-0.2, -0.15) is 0 Å². The second-order valence-corrected chi connectivity index (χ2v) is 2.69. The Morgan fingerprint density at radius 3 is 1.07 bits per heavy atom. The topological polar surface area (TPSA) is 40.5 Å². The monoisotopic (exact) mass is 244 g/mol. The van der Waals surface area contributed by atoms with Gasteiger partial charge in [0.2, 0.25) is 0 Å². The van der Waals surface area contributed by atoms with Gasteiger partial charge in [0.25, 0.3) is 0 Å². The molecule has 0 radical (unpaired) electrons. The van der Waals surface area contributed by atoms with Crippen molar-refractivity contribution < 1.29 is 27.3 Å². The maximum Gasteiger partial charge on any atom is 0.0864 e. The van der Waals surface area contributed by atoms with Crippen molar-refractivity contribution in [3.63, 3.8) is 0 Å². The van der Waals surface area contributed by atoms with Gasteiger partial charge in [-0.15, -0.1) is 0 Å². The molecule has 0 saturated heterocycles. The van der Waals surface area contributed by atoms with Crippen molar-refractivity contribution in [3.8, 4) is 0 Å². The zero-order chi connectivity index (χ0) is 10.2. The molecule has 2 nitrogen and oxygen atoms in total. The molecule has 0 atom stereocenters. The van der Waals surface area contributed by atoms with Gasteiger partial charge in [-0.05, 0) is 0 Å². The Balaban J connectivity index is 0.000000245. The summed E-state index contributed by atoms with van der Waals surface area (Å²) in [6.07, 6.45) is 17.0. The maximum atomic E-state index is 8.30. The number of rotatable bonds is 0. The van der Waals surface area contributed by atoms with E-state index in [1.165, 1.54) is 0 Å². The Labute approximate surface area is 99.8 Å². The Morgan fingerprint density at radius 2 is 0.933 bits per heavy atom. The van der Waals surface area contributed by atoms with Crippen molar-refractivity contribution in [3.05, 3.63) is 72.3 Å². The molecule has 15 heavy (non-hydrogen) atoms. The first-order valence-corrected chi connectivity index (χ1v) is 4.25. The summed E-state index contributed by atoms with van der Waals surface area (Å²) < 4.78 is 0. The molecule has 0 aromatic heterocycles. The minimum absolute atomic E-state index is 0. The molecule has 0 spiro atoms. The molecule has 80 valence electrons. The average molecular weight is 244 g/mol. The van der Waals surface area contributed by atoms with E-state index >= 15 is 0 Å². The SMILES string of the molecule is OC=C1C=CC=C1.OC=C1C=CC=C1.[Fe]. The molecule has 0 unspecified atom stereocenters. The normalized spacial score (nSPS) is 14.7. The van der Waals surface area contributed by atoms with Crippen LogP contribution in [0.3, 0.4) is 0 Å². The zero-order valence-corrected chi connectivity index (χ0v) is 9.13. The van der Waals surface area contributed by atoms with Crippen molar-refractivity contribution >= 4 is 0 Å². The first kappa shape index (κ1) is 13.6. The summed E-state index contributed by atoms with van der Waals surface area (Å²) in [4.78, 5) is 0. The van der Waals surface area contributed by atoms with E-state index in [0.717, 1.165) is 23.7 Å². The van der Waals surface area contributed by atoms with Crippen molar-refractivity contribution in [2.24, 2.45) is 0 Å². The Bertz CT molecular complexity index is 294. The van der Waals surface area contributed by atoms with Crippen LogP contribution >= 0.6 is 0 Å². The third-order valence-corrected chi connectivity index (χ3v) is 1.68. The van der Waals surface area contributed by atoms with Crippen LogP contribution in [-0.2, 0) is 17.1 Å². The van der Waals surface area contributed by atoms with Crippen LogP contribution in [0, 0.1) is 0 Å². The van der Waals surface area contributed by atoms with Gasteiger partial charge in [0.1, 0.15) is 0 Å². The first-order chi connectivity index (χ1) is 6.86. The molecule has 0 aromatic carbocycles. The number of allylic oxidation sites excluding steroid dienone is 10. The molecule has 0 fully saturated rings. The van der Waals surface area contributed by atoms with Crippen LogP contribution in [0.25, 0.3) is 0 Å². The van der Waals surface area contributed by atoms with E-state index in [-0.39, 0.29) is 17.1 Å². The fraction of sp³-hybridized carbons (Fsp3) is 0. The first-order valence-electron chi connectivity index (χ1n) is 4.25.